The van der Waals surface area contributed by atoms with Crippen LogP contribution in [0, 0.1) is 0 Å². The molecule has 2 heterocycles. The molecule has 0 spiro atoms. The second-order valence-corrected chi connectivity index (χ2v) is 4.43. The molecule has 0 aromatic carbocycles. The molecule has 0 aliphatic carbocycles. The van der Waals surface area contributed by atoms with Crippen LogP contribution in [0.1, 0.15) is 37.4 Å². The van der Waals surface area contributed by atoms with Gasteiger partial charge in [-0.3, -0.25) is 4.79 Å². The lowest BCUT2D eigenvalue weighted by Crippen LogP contribution is -2.30. The normalized spacial score (nSPS) is 16.6. The van der Waals surface area contributed by atoms with E-state index in [1.807, 2.05) is 0 Å². The molecule has 0 amide bonds. The van der Waals surface area contributed by atoms with Crippen LogP contribution >= 0.6 is 0 Å². The molecule has 1 aliphatic rings. The summed E-state index contributed by atoms with van der Waals surface area (Å²) >= 11 is 0. The highest BCUT2D eigenvalue weighted by Gasteiger charge is 2.15. The van der Waals surface area contributed by atoms with E-state index in [1.54, 1.807) is 0 Å². The van der Waals surface area contributed by atoms with Crippen LogP contribution in [0.2, 0.25) is 0 Å². The number of fused-ring (bicyclic) bond motifs is 1. The zero-order valence-electron chi connectivity index (χ0n) is 10.4. The van der Waals surface area contributed by atoms with Crippen LogP contribution < -0.4 is 10.9 Å². The van der Waals surface area contributed by atoms with E-state index in [1.165, 1.54) is 0 Å². The maximum Gasteiger partial charge on any atom is 0.256 e. The summed E-state index contributed by atoms with van der Waals surface area (Å²) in [4.78, 5) is 19.1. The largest absolute Gasteiger partial charge is 0.376 e. The molecule has 2 rings (SSSR count). The zero-order valence-corrected chi connectivity index (χ0v) is 10.4. The van der Waals surface area contributed by atoms with E-state index in [0.29, 0.717) is 31.4 Å². The van der Waals surface area contributed by atoms with E-state index in [0.717, 1.165) is 24.4 Å². The molecule has 2 N–H and O–H groups in total. The molecule has 94 valence electrons. The average molecular weight is 237 g/mol. The van der Waals surface area contributed by atoms with Crippen molar-refractivity contribution in [1.29, 1.82) is 0 Å². The number of nitrogens with one attached hydrogen (secondary N) is 2. The average Bonchev–Trinajstić information content (AvgIpc) is 2.36. The predicted molar refractivity (Wildman–Crippen MR) is 64.8 cm³/mol. The Hall–Kier alpha value is -1.20. The zero-order chi connectivity index (χ0) is 12.3. The quantitative estimate of drug-likeness (QED) is 0.810. The summed E-state index contributed by atoms with van der Waals surface area (Å²) in [6.07, 6.45) is 1.79. The maximum absolute atomic E-state index is 11.8. The van der Waals surface area contributed by atoms with Gasteiger partial charge in [0, 0.05) is 12.5 Å². The van der Waals surface area contributed by atoms with Crippen molar-refractivity contribution in [3.05, 3.63) is 27.4 Å². The second kappa shape index (κ2) is 5.42. The number of ether oxygens (including phenoxy) is 1. The van der Waals surface area contributed by atoms with Crippen molar-refractivity contribution in [3.8, 4) is 0 Å². The number of rotatable bonds is 4. The third-order valence-electron chi connectivity index (χ3n) is 3.11. The first-order valence-electron chi connectivity index (χ1n) is 6.12. The molecule has 1 unspecified atom stereocenters. The first-order valence-corrected chi connectivity index (χ1v) is 6.12. The summed E-state index contributed by atoms with van der Waals surface area (Å²) in [5.74, 6) is 0.718. The van der Waals surface area contributed by atoms with Crippen molar-refractivity contribution in [1.82, 2.24) is 15.3 Å². The Morgan fingerprint density at radius 1 is 1.59 bits per heavy atom. The first-order chi connectivity index (χ1) is 8.20. The van der Waals surface area contributed by atoms with E-state index in [9.17, 15) is 4.79 Å². The third kappa shape index (κ3) is 2.92. The first kappa shape index (κ1) is 12.3. The summed E-state index contributed by atoms with van der Waals surface area (Å²) in [5.41, 5.74) is 1.51. The van der Waals surface area contributed by atoms with Crippen molar-refractivity contribution < 1.29 is 4.74 Å². The Labute approximate surface area is 101 Å². The lowest BCUT2D eigenvalue weighted by atomic mass is 10.1. The fourth-order valence-electron chi connectivity index (χ4n) is 1.79. The molecule has 1 aliphatic heterocycles. The van der Waals surface area contributed by atoms with Gasteiger partial charge >= 0.3 is 0 Å². The summed E-state index contributed by atoms with van der Waals surface area (Å²) in [7, 11) is 0. The number of hydrogen-bond donors (Lipinski definition) is 2. The van der Waals surface area contributed by atoms with Crippen molar-refractivity contribution >= 4 is 0 Å². The summed E-state index contributed by atoms with van der Waals surface area (Å²) < 4.78 is 5.26. The van der Waals surface area contributed by atoms with Gasteiger partial charge in [0.25, 0.3) is 5.56 Å². The van der Waals surface area contributed by atoms with Crippen molar-refractivity contribution in [2.24, 2.45) is 0 Å². The fraction of sp³-hybridized carbons (Fsp3) is 0.667. The monoisotopic (exact) mass is 237 g/mol. The maximum atomic E-state index is 11.8. The third-order valence-corrected chi connectivity index (χ3v) is 3.11. The molecular weight excluding hydrogens is 218 g/mol. The smallest absolute Gasteiger partial charge is 0.256 e. The Bertz CT molecular complexity index is 442. The number of aromatic nitrogens is 2. The van der Waals surface area contributed by atoms with E-state index in [-0.39, 0.29) is 5.56 Å². The van der Waals surface area contributed by atoms with E-state index in [2.05, 4.69) is 29.1 Å². The molecule has 1 aromatic heterocycles. The van der Waals surface area contributed by atoms with Gasteiger partial charge in [-0.05, 0) is 13.3 Å². The van der Waals surface area contributed by atoms with Crippen LogP contribution in [-0.2, 0) is 24.3 Å². The lowest BCUT2D eigenvalue weighted by Gasteiger charge is -2.16. The minimum absolute atomic E-state index is 0.0596. The summed E-state index contributed by atoms with van der Waals surface area (Å²) in [6.45, 7) is 5.89. The Morgan fingerprint density at radius 2 is 2.41 bits per heavy atom. The van der Waals surface area contributed by atoms with Crippen molar-refractivity contribution in [3.63, 3.8) is 0 Å². The highest BCUT2D eigenvalue weighted by Crippen LogP contribution is 2.09. The second-order valence-electron chi connectivity index (χ2n) is 4.43. The lowest BCUT2D eigenvalue weighted by molar-refractivity contribution is 0.107. The highest BCUT2D eigenvalue weighted by atomic mass is 16.5. The molecule has 0 saturated carbocycles. The van der Waals surface area contributed by atoms with Gasteiger partial charge in [-0.15, -0.1) is 0 Å². The van der Waals surface area contributed by atoms with Crippen molar-refractivity contribution in [2.45, 2.75) is 45.9 Å². The van der Waals surface area contributed by atoms with E-state index in [4.69, 9.17) is 4.74 Å². The SMILES string of the molecule is CCC(C)NCc1nc2c(c(=O)[nH]1)COCC2. The van der Waals surface area contributed by atoms with Crippen LogP contribution in [0.3, 0.4) is 0 Å². The van der Waals surface area contributed by atoms with E-state index < -0.39 is 0 Å². The molecule has 5 heteroatoms. The summed E-state index contributed by atoms with van der Waals surface area (Å²) in [6, 6.07) is 0.430. The van der Waals surface area contributed by atoms with Gasteiger partial charge in [0.15, 0.2) is 0 Å². The molecule has 5 nitrogen and oxygen atoms in total. The van der Waals surface area contributed by atoms with Crippen LogP contribution in [0.15, 0.2) is 4.79 Å². The van der Waals surface area contributed by atoms with Gasteiger partial charge in [-0.25, -0.2) is 4.98 Å². The van der Waals surface area contributed by atoms with E-state index >= 15 is 0 Å². The van der Waals surface area contributed by atoms with Gasteiger partial charge in [0.2, 0.25) is 0 Å². The van der Waals surface area contributed by atoms with Crippen LogP contribution in [0.4, 0.5) is 0 Å². The molecule has 1 atom stereocenters. The molecule has 0 bridgehead atoms. The summed E-state index contributed by atoms with van der Waals surface area (Å²) in [5, 5.41) is 3.32. The molecule has 0 saturated heterocycles. The predicted octanol–water partition coefficient (Wildman–Crippen LogP) is 0.731. The number of H-pyrrole nitrogens is 1. The topological polar surface area (TPSA) is 67.0 Å². The number of aromatic amines is 1. The van der Waals surface area contributed by atoms with Crippen molar-refractivity contribution in [2.75, 3.05) is 6.61 Å². The minimum Gasteiger partial charge on any atom is -0.376 e. The Balaban J connectivity index is 2.14. The Kier molecular flexibility index (Phi) is 3.91. The molecule has 0 radical (unpaired) electrons. The Morgan fingerprint density at radius 3 is 3.18 bits per heavy atom. The van der Waals surface area contributed by atoms with Gasteiger partial charge in [0.1, 0.15) is 5.82 Å². The highest BCUT2D eigenvalue weighted by molar-refractivity contribution is 5.19. The molecular formula is C12H19N3O2. The van der Waals surface area contributed by atoms with Gasteiger partial charge < -0.3 is 15.0 Å². The standard InChI is InChI=1S/C12H19N3O2/c1-3-8(2)13-6-11-14-10-4-5-17-7-9(10)12(16)15-11/h8,13H,3-7H2,1-2H3,(H,14,15,16). The van der Waals surface area contributed by atoms with Gasteiger partial charge in [-0.2, -0.15) is 0 Å². The van der Waals surface area contributed by atoms with Crippen LogP contribution in [0.5, 0.6) is 0 Å². The van der Waals surface area contributed by atoms with Crippen LogP contribution in [0.25, 0.3) is 0 Å². The molecule has 0 fully saturated rings. The molecule has 17 heavy (non-hydrogen) atoms. The minimum atomic E-state index is -0.0596. The van der Waals surface area contributed by atoms with Crippen LogP contribution in [-0.4, -0.2) is 22.6 Å². The van der Waals surface area contributed by atoms with Gasteiger partial charge in [0.05, 0.1) is 31.0 Å². The molecule has 1 aromatic rings. The number of hydrogen-bond acceptors (Lipinski definition) is 4. The van der Waals surface area contributed by atoms with Gasteiger partial charge in [-0.1, -0.05) is 6.92 Å². The number of nitrogens with zero attached hydrogens (tertiary/aromatic N) is 1. The fourth-order valence-corrected chi connectivity index (χ4v) is 1.79.